The van der Waals surface area contributed by atoms with Crippen LogP contribution in [-0.2, 0) is 11.2 Å². The van der Waals surface area contributed by atoms with Crippen LogP contribution >= 0.6 is 15.9 Å². The third kappa shape index (κ3) is 4.28. The van der Waals surface area contributed by atoms with Crippen molar-refractivity contribution in [3.63, 3.8) is 0 Å². The Labute approximate surface area is 129 Å². The number of nitrogens with zero attached hydrogens (tertiary/aromatic N) is 1. The molecule has 0 saturated carbocycles. The summed E-state index contributed by atoms with van der Waals surface area (Å²) in [5.74, 6) is -1.28. The molecule has 2 rings (SSSR count). The predicted octanol–water partition coefficient (Wildman–Crippen LogP) is 2.31. The van der Waals surface area contributed by atoms with Crippen LogP contribution in [0.4, 0.5) is 11.4 Å². The van der Waals surface area contributed by atoms with Gasteiger partial charge in [-0.05, 0) is 30.3 Å². The van der Waals surface area contributed by atoms with Gasteiger partial charge in [0.15, 0.2) is 0 Å². The molecular formula is C14H12BrN3O3. The highest BCUT2D eigenvalue weighted by Gasteiger charge is 2.09. The van der Waals surface area contributed by atoms with Crippen molar-refractivity contribution in [3.05, 3.63) is 52.3 Å². The molecule has 4 N–H and O–H groups in total. The lowest BCUT2D eigenvalue weighted by Crippen LogP contribution is -2.13. The topological polar surface area (TPSA) is 105 Å². The Morgan fingerprint density at radius 3 is 2.62 bits per heavy atom. The first-order valence-electron chi connectivity index (χ1n) is 5.98. The van der Waals surface area contributed by atoms with E-state index < -0.39 is 5.97 Å². The summed E-state index contributed by atoms with van der Waals surface area (Å²) >= 11 is 3.27. The van der Waals surface area contributed by atoms with E-state index in [-0.39, 0.29) is 12.3 Å². The van der Waals surface area contributed by atoms with Crippen molar-refractivity contribution in [2.45, 2.75) is 6.42 Å². The van der Waals surface area contributed by atoms with Gasteiger partial charge in [0.25, 0.3) is 5.91 Å². The van der Waals surface area contributed by atoms with Crippen LogP contribution in [0.25, 0.3) is 0 Å². The third-order valence-corrected chi connectivity index (χ3v) is 3.06. The highest BCUT2D eigenvalue weighted by Crippen LogP contribution is 2.18. The molecule has 0 bridgehead atoms. The van der Waals surface area contributed by atoms with Crippen molar-refractivity contribution in [1.82, 2.24) is 4.98 Å². The van der Waals surface area contributed by atoms with E-state index in [0.29, 0.717) is 27.1 Å². The number of anilines is 2. The van der Waals surface area contributed by atoms with E-state index in [4.69, 9.17) is 10.8 Å². The van der Waals surface area contributed by atoms with Gasteiger partial charge in [-0.25, -0.2) is 0 Å². The quantitative estimate of drug-likeness (QED) is 0.734. The van der Waals surface area contributed by atoms with Gasteiger partial charge in [-0.2, -0.15) is 0 Å². The van der Waals surface area contributed by atoms with Gasteiger partial charge in [-0.15, -0.1) is 0 Å². The van der Waals surface area contributed by atoms with E-state index >= 15 is 0 Å². The summed E-state index contributed by atoms with van der Waals surface area (Å²) in [6.07, 6.45) is 1.26. The highest BCUT2D eigenvalue weighted by atomic mass is 79.9. The normalized spacial score (nSPS) is 10.1. The maximum atomic E-state index is 12.1. The highest BCUT2D eigenvalue weighted by molar-refractivity contribution is 9.10. The molecule has 1 amide bonds. The fourth-order valence-corrected chi connectivity index (χ4v) is 2.22. The fraction of sp³-hybridized carbons (Fsp3) is 0.0714. The molecule has 0 aliphatic carbocycles. The molecule has 2 aromatic rings. The van der Waals surface area contributed by atoms with Crippen molar-refractivity contribution in [1.29, 1.82) is 0 Å². The first-order valence-corrected chi connectivity index (χ1v) is 6.77. The largest absolute Gasteiger partial charge is 0.481 e. The van der Waals surface area contributed by atoms with Gasteiger partial charge in [0, 0.05) is 15.7 Å². The van der Waals surface area contributed by atoms with E-state index in [1.165, 1.54) is 6.20 Å². The van der Waals surface area contributed by atoms with E-state index in [9.17, 15) is 9.59 Å². The number of carboxylic acids is 1. The minimum Gasteiger partial charge on any atom is -0.481 e. The molecule has 0 radical (unpaired) electrons. The Balaban J connectivity index is 2.10. The SMILES string of the molecule is Nc1cc(Br)cc(C(=O)Nc2ccc(CC(=O)O)nc2)c1. The number of rotatable bonds is 4. The number of hydrogen-bond donors (Lipinski definition) is 3. The molecule has 1 heterocycles. The number of nitrogens with one attached hydrogen (secondary N) is 1. The molecule has 0 fully saturated rings. The fourth-order valence-electron chi connectivity index (χ4n) is 1.70. The lowest BCUT2D eigenvalue weighted by Gasteiger charge is -2.07. The number of aromatic nitrogens is 1. The Hall–Kier alpha value is -2.41. The maximum Gasteiger partial charge on any atom is 0.309 e. The zero-order chi connectivity index (χ0) is 15.4. The minimum absolute atomic E-state index is 0.156. The third-order valence-electron chi connectivity index (χ3n) is 2.60. The number of carbonyl (C=O) groups excluding carboxylic acids is 1. The van der Waals surface area contributed by atoms with Gasteiger partial charge < -0.3 is 16.2 Å². The molecule has 0 saturated heterocycles. The van der Waals surface area contributed by atoms with Crippen LogP contribution in [0.5, 0.6) is 0 Å². The predicted molar refractivity (Wildman–Crippen MR) is 82.1 cm³/mol. The van der Waals surface area contributed by atoms with Gasteiger partial charge in [0.1, 0.15) is 0 Å². The maximum absolute atomic E-state index is 12.1. The summed E-state index contributed by atoms with van der Waals surface area (Å²) in [7, 11) is 0. The Bertz CT molecular complexity index is 666. The van der Waals surface area contributed by atoms with E-state index in [2.05, 4.69) is 26.2 Å². The summed E-state index contributed by atoms with van der Waals surface area (Å²) in [6.45, 7) is 0. The lowest BCUT2D eigenvalue weighted by molar-refractivity contribution is -0.136. The number of benzene rings is 1. The van der Waals surface area contributed by atoms with Crippen LogP contribution in [0.15, 0.2) is 41.0 Å². The van der Waals surface area contributed by atoms with Crippen molar-refractivity contribution in [3.8, 4) is 0 Å². The standard InChI is InChI=1S/C14H12BrN3O3/c15-9-3-8(4-10(16)5-9)14(21)18-12-2-1-11(17-7-12)6-13(19)20/h1-5,7H,6,16H2,(H,18,21)(H,19,20). The Morgan fingerprint density at radius 1 is 1.29 bits per heavy atom. The first kappa shape index (κ1) is 15.0. The van der Waals surface area contributed by atoms with Gasteiger partial charge in [0.05, 0.1) is 24.0 Å². The van der Waals surface area contributed by atoms with Crippen LogP contribution in [-0.4, -0.2) is 22.0 Å². The number of pyridine rings is 1. The number of halogens is 1. The Morgan fingerprint density at radius 2 is 2.05 bits per heavy atom. The summed E-state index contributed by atoms with van der Waals surface area (Å²) in [5, 5.41) is 11.3. The smallest absolute Gasteiger partial charge is 0.309 e. The van der Waals surface area contributed by atoms with Gasteiger partial charge >= 0.3 is 5.97 Å². The van der Waals surface area contributed by atoms with Gasteiger partial charge in [-0.3, -0.25) is 14.6 Å². The van der Waals surface area contributed by atoms with Crippen LogP contribution in [0.3, 0.4) is 0 Å². The second-order valence-corrected chi connectivity index (χ2v) is 5.25. The molecule has 0 aliphatic rings. The molecule has 0 spiro atoms. The average molecular weight is 350 g/mol. The van der Waals surface area contributed by atoms with E-state index in [1.54, 1.807) is 30.3 Å². The second kappa shape index (κ2) is 6.36. The van der Waals surface area contributed by atoms with Crippen molar-refractivity contribution in [2.75, 3.05) is 11.1 Å². The van der Waals surface area contributed by atoms with Gasteiger partial charge in [-0.1, -0.05) is 15.9 Å². The minimum atomic E-state index is -0.955. The van der Waals surface area contributed by atoms with Crippen LogP contribution < -0.4 is 11.1 Å². The molecule has 108 valence electrons. The summed E-state index contributed by atoms with van der Waals surface area (Å²) < 4.78 is 0.711. The molecule has 0 aliphatic heterocycles. The molecular weight excluding hydrogens is 338 g/mol. The summed E-state index contributed by atoms with van der Waals surface area (Å²) in [5.41, 5.74) is 7.47. The molecule has 0 atom stereocenters. The zero-order valence-electron chi connectivity index (χ0n) is 10.8. The van der Waals surface area contributed by atoms with Crippen LogP contribution in [0, 0.1) is 0 Å². The molecule has 0 unspecified atom stereocenters. The zero-order valence-corrected chi connectivity index (χ0v) is 12.4. The van der Waals surface area contributed by atoms with Crippen LogP contribution in [0.2, 0.25) is 0 Å². The monoisotopic (exact) mass is 349 g/mol. The number of nitrogens with two attached hydrogens (primary N) is 1. The number of carboxylic acid groups (broad SMARTS) is 1. The molecule has 1 aromatic carbocycles. The van der Waals surface area contributed by atoms with Gasteiger partial charge in [0.2, 0.25) is 0 Å². The molecule has 21 heavy (non-hydrogen) atoms. The number of hydrogen-bond acceptors (Lipinski definition) is 4. The van der Waals surface area contributed by atoms with Crippen LogP contribution in [0.1, 0.15) is 16.1 Å². The lowest BCUT2D eigenvalue weighted by atomic mass is 10.2. The van der Waals surface area contributed by atoms with Crippen molar-refractivity contribution >= 4 is 39.2 Å². The van der Waals surface area contributed by atoms with Crippen molar-refractivity contribution in [2.24, 2.45) is 0 Å². The number of aliphatic carboxylic acids is 1. The second-order valence-electron chi connectivity index (χ2n) is 4.34. The number of carbonyl (C=O) groups is 2. The summed E-state index contributed by atoms with van der Waals surface area (Å²) in [6, 6.07) is 8.06. The average Bonchev–Trinajstić information content (AvgIpc) is 2.39. The molecule has 6 nitrogen and oxygen atoms in total. The molecule has 1 aromatic heterocycles. The summed E-state index contributed by atoms with van der Waals surface area (Å²) in [4.78, 5) is 26.6. The van der Waals surface area contributed by atoms with E-state index in [0.717, 1.165) is 0 Å². The van der Waals surface area contributed by atoms with E-state index in [1.807, 2.05) is 0 Å². The molecule has 7 heteroatoms. The first-order chi connectivity index (χ1) is 9.94. The number of amides is 1. The number of nitrogen functional groups attached to an aromatic ring is 1. The Kier molecular flexibility index (Phi) is 4.54. The van der Waals surface area contributed by atoms with Crippen molar-refractivity contribution < 1.29 is 14.7 Å².